The van der Waals surface area contributed by atoms with Crippen LogP contribution in [0.25, 0.3) is 0 Å². The smallest absolute Gasteiger partial charge is 0.251 e. The van der Waals surface area contributed by atoms with Crippen molar-refractivity contribution in [1.29, 1.82) is 0 Å². The molecule has 0 saturated heterocycles. The Morgan fingerprint density at radius 1 is 1.28 bits per heavy atom. The van der Waals surface area contributed by atoms with Crippen LogP contribution in [0.5, 0.6) is 0 Å². The van der Waals surface area contributed by atoms with Crippen LogP contribution in [0.1, 0.15) is 24.2 Å². The summed E-state index contributed by atoms with van der Waals surface area (Å²) in [6, 6.07) is 7.09. The zero-order valence-corrected chi connectivity index (χ0v) is 13.5. The third-order valence-electron chi connectivity index (χ3n) is 2.78. The van der Waals surface area contributed by atoms with Gasteiger partial charge in [0.15, 0.2) is 9.84 Å². The predicted octanol–water partition coefficient (Wildman–Crippen LogP) is 1.84. The largest absolute Gasteiger partial charge is 0.350 e. The van der Waals surface area contributed by atoms with E-state index in [0.29, 0.717) is 5.56 Å². The number of amides is 1. The minimum absolute atomic E-state index is 0.0939. The van der Waals surface area contributed by atoms with E-state index in [1.807, 2.05) is 12.1 Å². The third-order valence-corrected chi connectivity index (χ3v) is 5.66. The standard InChI is InChI=1S/C12H16INO3S/c1-12(2,18(3,16)17)8-14-11(15)9-4-6-10(13)7-5-9/h4-7H,8H2,1-3H3,(H,14,15). The fourth-order valence-corrected chi connectivity index (χ4v) is 1.82. The average Bonchev–Trinajstić information content (AvgIpc) is 2.25. The van der Waals surface area contributed by atoms with E-state index in [1.54, 1.807) is 26.0 Å². The maximum Gasteiger partial charge on any atom is 0.251 e. The Bertz CT molecular complexity index is 535. The van der Waals surface area contributed by atoms with E-state index >= 15 is 0 Å². The van der Waals surface area contributed by atoms with Crippen molar-refractivity contribution in [2.75, 3.05) is 12.8 Å². The molecule has 0 aliphatic rings. The summed E-state index contributed by atoms with van der Waals surface area (Å²) in [5.74, 6) is -0.261. The molecule has 0 unspecified atom stereocenters. The van der Waals surface area contributed by atoms with Crippen LogP contribution in [-0.2, 0) is 9.84 Å². The van der Waals surface area contributed by atoms with Gasteiger partial charge in [-0.15, -0.1) is 0 Å². The molecule has 1 aromatic rings. The van der Waals surface area contributed by atoms with Crippen molar-refractivity contribution in [3.63, 3.8) is 0 Å². The zero-order valence-electron chi connectivity index (χ0n) is 10.5. The monoisotopic (exact) mass is 381 g/mol. The summed E-state index contributed by atoms with van der Waals surface area (Å²) in [6.07, 6.45) is 1.17. The van der Waals surface area contributed by atoms with Crippen molar-refractivity contribution in [2.45, 2.75) is 18.6 Å². The lowest BCUT2D eigenvalue weighted by Gasteiger charge is -2.22. The van der Waals surface area contributed by atoms with Crippen LogP contribution in [-0.4, -0.2) is 31.9 Å². The molecule has 0 aromatic heterocycles. The third kappa shape index (κ3) is 3.94. The molecule has 0 atom stereocenters. The van der Waals surface area contributed by atoms with Crippen LogP contribution in [0.3, 0.4) is 0 Å². The van der Waals surface area contributed by atoms with Crippen LogP contribution in [0.2, 0.25) is 0 Å². The molecule has 1 rings (SSSR count). The Morgan fingerprint density at radius 2 is 1.78 bits per heavy atom. The van der Waals surface area contributed by atoms with Crippen LogP contribution < -0.4 is 5.32 Å². The number of halogens is 1. The number of nitrogens with one attached hydrogen (secondary N) is 1. The topological polar surface area (TPSA) is 63.2 Å². The van der Waals surface area contributed by atoms with Gasteiger partial charge in [-0.05, 0) is 60.7 Å². The highest BCUT2D eigenvalue weighted by molar-refractivity contribution is 14.1. The maximum atomic E-state index is 11.8. The van der Waals surface area contributed by atoms with Crippen molar-refractivity contribution in [3.8, 4) is 0 Å². The molecule has 0 aliphatic heterocycles. The summed E-state index contributed by atoms with van der Waals surface area (Å²) in [5, 5.41) is 2.64. The Balaban J connectivity index is 2.70. The molecule has 0 fully saturated rings. The molecule has 4 nitrogen and oxygen atoms in total. The molecule has 0 spiro atoms. The van der Waals surface area contributed by atoms with Crippen molar-refractivity contribution < 1.29 is 13.2 Å². The van der Waals surface area contributed by atoms with Gasteiger partial charge in [0, 0.05) is 21.9 Å². The summed E-state index contributed by atoms with van der Waals surface area (Å²) in [7, 11) is -3.20. The van der Waals surface area contributed by atoms with Crippen LogP contribution >= 0.6 is 22.6 Å². The fourth-order valence-electron chi connectivity index (χ4n) is 1.13. The van der Waals surface area contributed by atoms with Gasteiger partial charge in [-0.2, -0.15) is 0 Å². The first-order valence-electron chi connectivity index (χ1n) is 5.37. The van der Waals surface area contributed by atoms with Crippen LogP contribution in [0.15, 0.2) is 24.3 Å². The Hall–Kier alpha value is -0.630. The molecule has 0 heterocycles. The normalized spacial score (nSPS) is 12.2. The van der Waals surface area contributed by atoms with Crippen molar-refractivity contribution >= 4 is 38.3 Å². The molecular weight excluding hydrogens is 365 g/mol. The van der Waals surface area contributed by atoms with Gasteiger partial charge < -0.3 is 5.32 Å². The van der Waals surface area contributed by atoms with Crippen molar-refractivity contribution in [2.24, 2.45) is 0 Å². The predicted molar refractivity (Wildman–Crippen MR) is 80.4 cm³/mol. The van der Waals surface area contributed by atoms with E-state index < -0.39 is 14.6 Å². The summed E-state index contributed by atoms with van der Waals surface area (Å²) < 4.78 is 23.1. The quantitative estimate of drug-likeness (QED) is 0.810. The second kappa shape index (κ2) is 5.56. The van der Waals surface area contributed by atoms with E-state index in [0.717, 1.165) is 3.57 Å². The summed E-state index contributed by atoms with van der Waals surface area (Å²) >= 11 is 2.15. The molecule has 0 radical (unpaired) electrons. The molecule has 0 bridgehead atoms. The lowest BCUT2D eigenvalue weighted by molar-refractivity contribution is 0.0950. The first-order valence-corrected chi connectivity index (χ1v) is 8.34. The van der Waals surface area contributed by atoms with Gasteiger partial charge in [-0.25, -0.2) is 8.42 Å². The van der Waals surface area contributed by atoms with Crippen molar-refractivity contribution in [1.82, 2.24) is 5.32 Å². The molecular formula is C12H16INO3S. The van der Waals surface area contributed by atoms with Gasteiger partial charge in [0.1, 0.15) is 0 Å². The molecule has 1 N–H and O–H groups in total. The van der Waals surface area contributed by atoms with E-state index in [9.17, 15) is 13.2 Å². The van der Waals surface area contributed by atoms with Crippen LogP contribution in [0, 0.1) is 3.57 Å². The number of hydrogen-bond donors (Lipinski definition) is 1. The molecule has 18 heavy (non-hydrogen) atoms. The second-order valence-corrected chi connectivity index (χ2v) is 8.62. The number of rotatable bonds is 4. The van der Waals surface area contributed by atoms with Crippen molar-refractivity contribution in [3.05, 3.63) is 33.4 Å². The lowest BCUT2D eigenvalue weighted by Crippen LogP contribution is -2.43. The van der Waals surface area contributed by atoms with Gasteiger partial charge >= 0.3 is 0 Å². The highest BCUT2D eigenvalue weighted by atomic mass is 127. The zero-order chi connectivity index (χ0) is 14.0. The molecule has 0 saturated carbocycles. The lowest BCUT2D eigenvalue weighted by atomic mass is 10.2. The molecule has 1 aromatic carbocycles. The number of sulfone groups is 1. The highest BCUT2D eigenvalue weighted by Gasteiger charge is 2.30. The summed E-state index contributed by atoms with van der Waals surface area (Å²) in [6.45, 7) is 3.28. The van der Waals surface area contributed by atoms with E-state index in [-0.39, 0.29) is 12.5 Å². The number of benzene rings is 1. The fraction of sp³-hybridized carbons (Fsp3) is 0.417. The summed E-state index contributed by atoms with van der Waals surface area (Å²) in [5.41, 5.74) is 0.528. The summed E-state index contributed by atoms with van der Waals surface area (Å²) in [4.78, 5) is 11.8. The first kappa shape index (κ1) is 15.4. The number of carbonyl (C=O) groups is 1. The van der Waals surface area contributed by atoms with Gasteiger partial charge in [0.25, 0.3) is 5.91 Å². The Labute approximate surface area is 121 Å². The van der Waals surface area contributed by atoms with E-state index in [1.165, 1.54) is 6.26 Å². The van der Waals surface area contributed by atoms with Gasteiger partial charge in [-0.3, -0.25) is 4.79 Å². The van der Waals surface area contributed by atoms with E-state index in [4.69, 9.17) is 0 Å². The molecule has 1 amide bonds. The number of carbonyl (C=O) groups excluding carboxylic acids is 1. The Morgan fingerprint density at radius 3 is 2.22 bits per heavy atom. The van der Waals surface area contributed by atoms with E-state index in [2.05, 4.69) is 27.9 Å². The minimum Gasteiger partial charge on any atom is -0.350 e. The average molecular weight is 381 g/mol. The van der Waals surface area contributed by atoms with Gasteiger partial charge in [0.2, 0.25) is 0 Å². The minimum atomic E-state index is -3.20. The maximum absolute atomic E-state index is 11.8. The number of hydrogen-bond acceptors (Lipinski definition) is 3. The molecule has 0 aliphatic carbocycles. The SMILES string of the molecule is CC(C)(CNC(=O)c1ccc(I)cc1)S(C)(=O)=O. The second-order valence-electron chi connectivity index (χ2n) is 4.72. The van der Waals surface area contributed by atoms with Gasteiger partial charge in [0.05, 0.1) is 4.75 Å². The Kier molecular flexibility index (Phi) is 4.77. The van der Waals surface area contributed by atoms with Gasteiger partial charge in [-0.1, -0.05) is 0 Å². The first-order chi connectivity index (χ1) is 8.13. The molecule has 6 heteroatoms. The highest BCUT2D eigenvalue weighted by Crippen LogP contribution is 2.14. The molecule has 100 valence electrons. The van der Waals surface area contributed by atoms with Crippen LogP contribution in [0.4, 0.5) is 0 Å².